The summed E-state index contributed by atoms with van der Waals surface area (Å²) in [7, 11) is 1.64. The van der Waals surface area contributed by atoms with Crippen LogP contribution in [0, 0.1) is 0 Å². The maximum Gasteiger partial charge on any atom is 0.420 e. The number of phenolic OH excluding ortho intramolecular Hbond substituents is 2. The minimum absolute atomic E-state index is 0.0710. The van der Waals surface area contributed by atoms with Gasteiger partial charge in [-0.15, -0.1) is 0 Å². The van der Waals surface area contributed by atoms with Gasteiger partial charge in [-0.1, -0.05) is 0 Å². The summed E-state index contributed by atoms with van der Waals surface area (Å²) in [6.45, 7) is 0.411. The van der Waals surface area contributed by atoms with Gasteiger partial charge in [-0.2, -0.15) is 13.2 Å². The quantitative estimate of drug-likeness (QED) is 0.701. The average Bonchev–Trinajstić information content (AvgIpc) is 2.17. The van der Waals surface area contributed by atoms with Crippen molar-refractivity contribution in [3.8, 4) is 11.5 Å². The molecule has 3 N–H and O–H groups in total. The Morgan fingerprint density at radius 1 is 1.25 bits per heavy atom. The van der Waals surface area contributed by atoms with E-state index in [2.05, 4.69) is 5.32 Å². The average molecular weight is 235 g/mol. The van der Waals surface area contributed by atoms with E-state index in [1.54, 1.807) is 7.05 Å². The van der Waals surface area contributed by atoms with Gasteiger partial charge < -0.3 is 15.5 Å². The molecule has 0 spiro atoms. The summed E-state index contributed by atoms with van der Waals surface area (Å²) in [5.41, 5.74) is -1.14. The molecule has 1 rings (SSSR count). The lowest BCUT2D eigenvalue weighted by atomic mass is 10.0. The molecule has 0 aliphatic rings. The first-order valence-corrected chi connectivity index (χ1v) is 4.63. The highest BCUT2D eigenvalue weighted by atomic mass is 19.4. The van der Waals surface area contributed by atoms with Crippen LogP contribution in [0.5, 0.6) is 11.5 Å². The standard InChI is InChI=1S/C10H12F3NO2/c1-14-3-2-6-4-7(15)5-8(9(6)16)10(11,12)13/h4-5,14-16H,2-3H2,1H3. The van der Waals surface area contributed by atoms with Crippen molar-refractivity contribution in [3.63, 3.8) is 0 Å². The van der Waals surface area contributed by atoms with E-state index in [-0.39, 0.29) is 12.0 Å². The van der Waals surface area contributed by atoms with Crippen LogP contribution in [0.2, 0.25) is 0 Å². The Hall–Kier alpha value is -1.43. The van der Waals surface area contributed by atoms with Gasteiger partial charge in [-0.25, -0.2) is 0 Å². The number of nitrogens with one attached hydrogen (secondary N) is 1. The van der Waals surface area contributed by atoms with Crippen LogP contribution >= 0.6 is 0 Å². The highest BCUT2D eigenvalue weighted by Gasteiger charge is 2.35. The predicted octanol–water partition coefficient (Wildman–Crippen LogP) is 1.88. The summed E-state index contributed by atoms with van der Waals surface area (Å²) in [6, 6.07) is 1.64. The van der Waals surface area contributed by atoms with Crippen molar-refractivity contribution < 1.29 is 23.4 Å². The second kappa shape index (κ2) is 4.61. The third-order valence-electron chi connectivity index (χ3n) is 2.12. The van der Waals surface area contributed by atoms with Crippen LogP contribution in [0.25, 0.3) is 0 Å². The van der Waals surface area contributed by atoms with Crippen LogP contribution in [0.15, 0.2) is 12.1 Å². The molecule has 1 aromatic carbocycles. The van der Waals surface area contributed by atoms with Crippen molar-refractivity contribution in [2.24, 2.45) is 0 Å². The molecule has 0 fully saturated rings. The fraction of sp³-hybridized carbons (Fsp3) is 0.400. The van der Waals surface area contributed by atoms with Crippen LogP contribution in [0.4, 0.5) is 13.2 Å². The number of phenols is 2. The lowest BCUT2D eigenvalue weighted by Crippen LogP contribution is -2.12. The minimum atomic E-state index is -4.67. The number of aromatic hydroxyl groups is 2. The monoisotopic (exact) mass is 235 g/mol. The molecule has 0 saturated carbocycles. The Kier molecular flexibility index (Phi) is 3.64. The van der Waals surface area contributed by atoms with E-state index >= 15 is 0 Å². The normalized spacial score (nSPS) is 11.8. The molecule has 0 heterocycles. The molecule has 6 heteroatoms. The van der Waals surface area contributed by atoms with Crippen molar-refractivity contribution in [2.75, 3.05) is 13.6 Å². The number of benzene rings is 1. The van der Waals surface area contributed by atoms with Crippen molar-refractivity contribution in [3.05, 3.63) is 23.3 Å². The van der Waals surface area contributed by atoms with Crippen molar-refractivity contribution in [2.45, 2.75) is 12.6 Å². The van der Waals surface area contributed by atoms with E-state index in [9.17, 15) is 18.3 Å². The Morgan fingerprint density at radius 2 is 1.88 bits per heavy atom. The van der Waals surface area contributed by atoms with E-state index < -0.39 is 23.2 Å². The summed E-state index contributed by atoms with van der Waals surface area (Å²) in [6.07, 6.45) is -4.46. The van der Waals surface area contributed by atoms with Gasteiger partial charge in [0.15, 0.2) is 0 Å². The third-order valence-corrected chi connectivity index (χ3v) is 2.12. The fourth-order valence-electron chi connectivity index (χ4n) is 1.34. The number of rotatable bonds is 3. The molecule has 3 nitrogen and oxygen atoms in total. The van der Waals surface area contributed by atoms with Gasteiger partial charge in [0.2, 0.25) is 0 Å². The smallest absolute Gasteiger partial charge is 0.420 e. The Bertz CT molecular complexity index is 377. The Morgan fingerprint density at radius 3 is 2.38 bits per heavy atom. The zero-order valence-electron chi connectivity index (χ0n) is 8.60. The lowest BCUT2D eigenvalue weighted by molar-refractivity contribution is -0.138. The molecule has 0 aliphatic heterocycles. The molecule has 1 aromatic rings. The Labute approximate surface area is 90.5 Å². The summed E-state index contributed by atoms with van der Waals surface area (Å²) in [5.74, 6) is -1.32. The van der Waals surface area contributed by atoms with Crippen LogP contribution in [0.1, 0.15) is 11.1 Å². The van der Waals surface area contributed by atoms with Gasteiger partial charge in [-0.05, 0) is 37.7 Å². The zero-order chi connectivity index (χ0) is 12.3. The van der Waals surface area contributed by atoms with Gasteiger partial charge in [0.1, 0.15) is 17.1 Å². The van der Waals surface area contributed by atoms with Crippen LogP contribution in [-0.4, -0.2) is 23.8 Å². The molecular formula is C10H12F3NO2. The molecule has 0 bridgehead atoms. The van der Waals surface area contributed by atoms with E-state index in [0.717, 1.165) is 6.07 Å². The zero-order valence-corrected chi connectivity index (χ0v) is 8.60. The van der Waals surface area contributed by atoms with Gasteiger partial charge in [-0.3, -0.25) is 0 Å². The first-order chi connectivity index (χ1) is 7.36. The number of hydrogen-bond donors (Lipinski definition) is 3. The topological polar surface area (TPSA) is 52.5 Å². The maximum atomic E-state index is 12.4. The number of alkyl halides is 3. The van der Waals surface area contributed by atoms with Crippen molar-refractivity contribution in [1.82, 2.24) is 5.32 Å². The fourth-order valence-corrected chi connectivity index (χ4v) is 1.34. The first kappa shape index (κ1) is 12.6. The summed E-state index contributed by atoms with van der Waals surface area (Å²) < 4.78 is 37.3. The maximum absolute atomic E-state index is 12.4. The summed E-state index contributed by atoms with van der Waals surface area (Å²) in [4.78, 5) is 0. The van der Waals surface area contributed by atoms with Gasteiger partial charge >= 0.3 is 6.18 Å². The largest absolute Gasteiger partial charge is 0.508 e. The van der Waals surface area contributed by atoms with E-state index in [0.29, 0.717) is 12.6 Å². The molecule has 0 atom stereocenters. The number of halogens is 3. The van der Waals surface area contributed by atoms with Gasteiger partial charge in [0, 0.05) is 0 Å². The highest BCUT2D eigenvalue weighted by molar-refractivity contribution is 5.47. The van der Waals surface area contributed by atoms with E-state index in [4.69, 9.17) is 5.11 Å². The Balaban J connectivity index is 3.16. The highest BCUT2D eigenvalue weighted by Crippen LogP contribution is 2.39. The SMILES string of the molecule is CNCCc1cc(O)cc(C(F)(F)F)c1O. The van der Waals surface area contributed by atoms with Crippen molar-refractivity contribution in [1.29, 1.82) is 0 Å². The second-order valence-electron chi connectivity index (χ2n) is 3.35. The molecule has 0 saturated heterocycles. The molecule has 16 heavy (non-hydrogen) atoms. The summed E-state index contributed by atoms with van der Waals surface area (Å²) in [5, 5.41) is 21.3. The number of hydrogen-bond acceptors (Lipinski definition) is 3. The molecule has 0 aliphatic carbocycles. The van der Waals surface area contributed by atoms with Crippen LogP contribution in [-0.2, 0) is 12.6 Å². The van der Waals surface area contributed by atoms with Crippen LogP contribution in [0.3, 0.4) is 0 Å². The molecule has 90 valence electrons. The van der Waals surface area contributed by atoms with Crippen molar-refractivity contribution >= 4 is 0 Å². The van der Waals surface area contributed by atoms with E-state index in [1.807, 2.05) is 0 Å². The summed E-state index contributed by atoms with van der Waals surface area (Å²) >= 11 is 0. The second-order valence-corrected chi connectivity index (χ2v) is 3.35. The molecular weight excluding hydrogens is 223 g/mol. The molecule has 0 unspecified atom stereocenters. The third kappa shape index (κ3) is 2.79. The van der Waals surface area contributed by atoms with Gasteiger partial charge in [0.05, 0.1) is 0 Å². The minimum Gasteiger partial charge on any atom is -0.508 e. The van der Waals surface area contributed by atoms with Crippen LogP contribution < -0.4 is 5.32 Å². The van der Waals surface area contributed by atoms with E-state index in [1.165, 1.54) is 0 Å². The predicted molar refractivity (Wildman–Crippen MR) is 52.4 cm³/mol. The van der Waals surface area contributed by atoms with Gasteiger partial charge in [0.25, 0.3) is 0 Å². The molecule has 0 radical (unpaired) electrons. The first-order valence-electron chi connectivity index (χ1n) is 4.63. The lowest BCUT2D eigenvalue weighted by Gasteiger charge is -2.13. The molecule has 0 aromatic heterocycles. The number of likely N-dealkylation sites (N-methyl/N-ethyl adjacent to an activating group) is 1. The molecule has 0 amide bonds.